The summed E-state index contributed by atoms with van der Waals surface area (Å²) in [5, 5.41) is 0.737. The highest BCUT2D eigenvalue weighted by Crippen LogP contribution is 2.38. The van der Waals surface area contributed by atoms with Gasteiger partial charge < -0.3 is 4.74 Å². The van der Waals surface area contributed by atoms with Crippen LogP contribution in [0.5, 0.6) is 0 Å². The third-order valence-corrected chi connectivity index (χ3v) is 5.64. The van der Waals surface area contributed by atoms with Crippen LogP contribution in [0.3, 0.4) is 0 Å². The van der Waals surface area contributed by atoms with E-state index < -0.39 is 0 Å². The lowest BCUT2D eigenvalue weighted by Gasteiger charge is -2.19. The number of methoxy groups -OCH3 is 1. The number of hydrogen-bond donors (Lipinski definition) is 0. The van der Waals surface area contributed by atoms with Gasteiger partial charge in [0.2, 0.25) is 0 Å². The lowest BCUT2D eigenvalue weighted by atomic mass is 9.89. The van der Waals surface area contributed by atoms with Crippen molar-refractivity contribution < 1.29 is 9.53 Å². The van der Waals surface area contributed by atoms with Crippen LogP contribution in [0.1, 0.15) is 40.7 Å². The molecule has 0 atom stereocenters. The maximum absolute atomic E-state index is 12.4. The second kappa shape index (κ2) is 7.62. The molecular weight excluding hydrogens is 340 g/mol. The van der Waals surface area contributed by atoms with Crippen LogP contribution in [0.15, 0.2) is 35.2 Å². The SMILES string of the molecule is COC(=O)c1c(SC)cc(-c2ccc(Cl)cc2)c2c1CCCCC2. The Balaban J connectivity index is 2.26. The summed E-state index contributed by atoms with van der Waals surface area (Å²) in [4.78, 5) is 13.4. The monoisotopic (exact) mass is 360 g/mol. The summed E-state index contributed by atoms with van der Waals surface area (Å²) < 4.78 is 5.08. The summed E-state index contributed by atoms with van der Waals surface area (Å²) in [7, 11) is 1.46. The normalized spacial score (nSPS) is 14.0. The molecule has 0 aliphatic heterocycles. The molecule has 0 radical (unpaired) electrons. The van der Waals surface area contributed by atoms with Crippen molar-refractivity contribution >= 4 is 29.3 Å². The molecule has 0 amide bonds. The van der Waals surface area contributed by atoms with E-state index >= 15 is 0 Å². The number of carbonyl (C=O) groups is 1. The van der Waals surface area contributed by atoms with Gasteiger partial charge in [-0.15, -0.1) is 11.8 Å². The number of rotatable bonds is 3. The molecular formula is C20H21ClO2S. The molecule has 0 saturated heterocycles. The Morgan fingerprint density at radius 1 is 1.08 bits per heavy atom. The number of esters is 1. The first-order valence-electron chi connectivity index (χ1n) is 8.22. The molecule has 0 saturated carbocycles. The molecule has 0 unspecified atom stereocenters. The van der Waals surface area contributed by atoms with Crippen molar-refractivity contribution in [1.29, 1.82) is 0 Å². The van der Waals surface area contributed by atoms with E-state index in [9.17, 15) is 4.79 Å². The highest BCUT2D eigenvalue weighted by Gasteiger charge is 2.24. The molecule has 0 heterocycles. The van der Waals surface area contributed by atoms with Gasteiger partial charge >= 0.3 is 5.97 Å². The van der Waals surface area contributed by atoms with E-state index in [1.165, 1.54) is 30.2 Å². The number of hydrogen-bond acceptors (Lipinski definition) is 3. The fourth-order valence-corrected chi connectivity index (χ4v) is 4.24. The molecule has 126 valence electrons. The predicted octanol–water partition coefficient (Wildman–Crippen LogP) is 5.78. The van der Waals surface area contributed by atoms with E-state index in [4.69, 9.17) is 16.3 Å². The average Bonchev–Trinajstić information content (AvgIpc) is 2.86. The average molecular weight is 361 g/mol. The molecule has 4 heteroatoms. The molecule has 0 fully saturated rings. The standard InChI is InChI=1S/C20H21ClO2S/c1-23-20(22)19-16-7-5-3-4-6-15(16)17(12-18(19)24-2)13-8-10-14(21)11-9-13/h8-12H,3-7H2,1-2H3. The molecule has 1 aliphatic rings. The summed E-state index contributed by atoms with van der Waals surface area (Å²) in [6, 6.07) is 10.1. The van der Waals surface area contributed by atoms with Crippen molar-refractivity contribution in [2.45, 2.75) is 37.0 Å². The molecule has 0 N–H and O–H groups in total. The van der Waals surface area contributed by atoms with E-state index in [1.807, 2.05) is 18.4 Å². The molecule has 2 nitrogen and oxygen atoms in total. The topological polar surface area (TPSA) is 26.3 Å². The third-order valence-electron chi connectivity index (χ3n) is 4.63. The van der Waals surface area contributed by atoms with Crippen molar-refractivity contribution in [2.75, 3.05) is 13.4 Å². The zero-order chi connectivity index (χ0) is 17.1. The van der Waals surface area contributed by atoms with Crippen LogP contribution in [-0.2, 0) is 17.6 Å². The zero-order valence-corrected chi connectivity index (χ0v) is 15.6. The fraction of sp³-hybridized carbons (Fsp3) is 0.350. The van der Waals surface area contributed by atoms with Gasteiger partial charge in [0.25, 0.3) is 0 Å². The smallest absolute Gasteiger partial charge is 0.339 e. The Kier molecular flexibility index (Phi) is 5.52. The van der Waals surface area contributed by atoms with E-state index in [-0.39, 0.29) is 5.97 Å². The first-order chi connectivity index (χ1) is 11.7. The summed E-state index contributed by atoms with van der Waals surface area (Å²) in [6.45, 7) is 0. The minimum Gasteiger partial charge on any atom is -0.465 e. The maximum Gasteiger partial charge on any atom is 0.339 e. The van der Waals surface area contributed by atoms with E-state index in [2.05, 4.69) is 18.2 Å². The van der Waals surface area contributed by atoms with Gasteiger partial charge in [-0.05, 0) is 72.4 Å². The van der Waals surface area contributed by atoms with Gasteiger partial charge in [0.1, 0.15) is 0 Å². The van der Waals surface area contributed by atoms with Crippen molar-refractivity contribution in [2.24, 2.45) is 0 Å². The lowest BCUT2D eigenvalue weighted by Crippen LogP contribution is -2.11. The number of halogens is 1. The lowest BCUT2D eigenvalue weighted by molar-refractivity contribution is 0.0595. The molecule has 1 aliphatic carbocycles. The highest BCUT2D eigenvalue weighted by molar-refractivity contribution is 7.98. The summed E-state index contributed by atoms with van der Waals surface area (Å²) >= 11 is 7.65. The summed E-state index contributed by atoms with van der Waals surface area (Å²) in [5.41, 5.74) is 5.62. The predicted molar refractivity (Wildman–Crippen MR) is 101 cm³/mol. The first-order valence-corrected chi connectivity index (χ1v) is 9.83. The Morgan fingerprint density at radius 3 is 2.38 bits per heavy atom. The van der Waals surface area contributed by atoms with Gasteiger partial charge in [-0.25, -0.2) is 4.79 Å². The van der Waals surface area contributed by atoms with Crippen LogP contribution >= 0.6 is 23.4 Å². The van der Waals surface area contributed by atoms with Crippen molar-refractivity contribution in [1.82, 2.24) is 0 Å². The summed E-state index contributed by atoms with van der Waals surface area (Å²) in [6.07, 6.45) is 7.43. The maximum atomic E-state index is 12.4. The number of fused-ring (bicyclic) bond motifs is 1. The number of benzene rings is 2. The van der Waals surface area contributed by atoms with E-state index in [1.54, 1.807) is 11.8 Å². The minimum atomic E-state index is -0.222. The Morgan fingerprint density at radius 2 is 1.75 bits per heavy atom. The Labute approximate surface area is 152 Å². The van der Waals surface area contributed by atoms with Crippen LogP contribution in [-0.4, -0.2) is 19.3 Å². The molecule has 0 bridgehead atoms. The van der Waals surface area contributed by atoms with Gasteiger partial charge in [0.05, 0.1) is 12.7 Å². The molecule has 2 aromatic rings. The molecule has 2 aromatic carbocycles. The van der Waals surface area contributed by atoms with Crippen molar-refractivity contribution in [3.05, 3.63) is 52.0 Å². The molecule has 24 heavy (non-hydrogen) atoms. The van der Waals surface area contributed by atoms with Gasteiger partial charge in [0, 0.05) is 9.92 Å². The van der Waals surface area contributed by atoms with Crippen molar-refractivity contribution in [3.8, 4) is 11.1 Å². The second-order valence-electron chi connectivity index (χ2n) is 6.02. The number of thioether (sulfide) groups is 1. The van der Waals surface area contributed by atoms with Crippen molar-refractivity contribution in [3.63, 3.8) is 0 Å². The summed E-state index contributed by atoms with van der Waals surface area (Å²) in [5.74, 6) is -0.222. The largest absolute Gasteiger partial charge is 0.465 e. The molecule has 0 aromatic heterocycles. The van der Waals surface area contributed by atoms with Crippen LogP contribution in [0, 0.1) is 0 Å². The Hall–Kier alpha value is -1.45. The molecule has 0 spiro atoms. The van der Waals surface area contributed by atoms with E-state index in [0.717, 1.165) is 46.7 Å². The number of ether oxygens (including phenoxy) is 1. The van der Waals surface area contributed by atoms with Crippen LogP contribution in [0.25, 0.3) is 11.1 Å². The zero-order valence-electron chi connectivity index (χ0n) is 14.0. The van der Waals surface area contributed by atoms with E-state index in [0.29, 0.717) is 0 Å². The molecule has 3 rings (SSSR count). The minimum absolute atomic E-state index is 0.222. The van der Waals surface area contributed by atoms with Gasteiger partial charge in [-0.2, -0.15) is 0 Å². The van der Waals surface area contributed by atoms with Gasteiger partial charge in [-0.1, -0.05) is 30.2 Å². The first kappa shape index (κ1) is 17.4. The number of carbonyl (C=O) groups excluding carboxylic acids is 1. The highest BCUT2D eigenvalue weighted by atomic mass is 35.5. The second-order valence-corrected chi connectivity index (χ2v) is 7.30. The third kappa shape index (κ3) is 3.33. The quantitative estimate of drug-likeness (QED) is 0.394. The fourth-order valence-electron chi connectivity index (χ4n) is 3.47. The Bertz CT molecular complexity index is 753. The van der Waals surface area contributed by atoms with Gasteiger partial charge in [0.15, 0.2) is 0 Å². The van der Waals surface area contributed by atoms with Crippen LogP contribution < -0.4 is 0 Å². The van der Waals surface area contributed by atoms with Crippen LogP contribution in [0.2, 0.25) is 5.02 Å². The van der Waals surface area contributed by atoms with Crippen LogP contribution in [0.4, 0.5) is 0 Å². The van der Waals surface area contributed by atoms with Gasteiger partial charge in [-0.3, -0.25) is 0 Å².